The molecule has 2 rings (SSSR count). The average Bonchev–Trinajstić information content (AvgIpc) is 2.92. The molecule has 0 amide bonds. The van der Waals surface area contributed by atoms with Gasteiger partial charge in [-0.2, -0.15) is 0 Å². The van der Waals surface area contributed by atoms with Crippen LogP contribution in [0.25, 0.3) is 0 Å². The van der Waals surface area contributed by atoms with E-state index in [0.29, 0.717) is 6.04 Å². The van der Waals surface area contributed by atoms with Crippen molar-refractivity contribution in [1.82, 2.24) is 19.4 Å². The van der Waals surface area contributed by atoms with Gasteiger partial charge in [0.15, 0.2) is 0 Å². The minimum Gasteiger partial charge on any atom is -0.333 e. The smallest absolute Gasteiger partial charge is 0.250 e. The van der Waals surface area contributed by atoms with Gasteiger partial charge in [-0.3, -0.25) is 4.79 Å². The van der Waals surface area contributed by atoms with Crippen molar-refractivity contribution in [2.75, 3.05) is 6.54 Å². The number of hydrogen-bond acceptors (Lipinski definition) is 3. The molecule has 0 bridgehead atoms. The molecule has 5 heteroatoms. The first-order chi connectivity index (χ1) is 10.2. The van der Waals surface area contributed by atoms with E-state index in [1.54, 1.807) is 16.7 Å². The van der Waals surface area contributed by atoms with Gasteiger partial charge in [0.05, 0.1) is 0 Å². The van der Waals surface area contributed by atoms with Crippen LogP contribution in [0.1, 0.15) is 26.1 Å². The first kappa shape index (κ1) is 15.5. The molecular formula is C16H24N4O. The number of pyridine rings is 1. The molecule has 5 nitrogen and oxygen atoms in total. The third-order valence-corrected chi connectivity index (χ3v) is 3.56. The highest BCUT2D eigenvalue weighted by Gasteiger charge is 2.05. The van der Waals surface area contributed by atoms with Gasteiger partial charge in [-0.15, -0.1) is 0 Å². The summed E-state index contributed by atoms with van der Waals surface area (Å²) in [5.74, 6) is 1.12. The SMILES string of the molecule is CCc1nccn1C[C@H](C)NCCCn1ccccc1=O. The van der Waals surface area contributed by atoms with Crippen LogP contribution in [0, 0.1) is 0 Å². The molecule has 0 aliphatic rings. The van der Waals surface area contributed by atoms with Crippen LogP contribution in [0.15, 0.2) is 41.6 Å². The Morgan fingerprint density at radius 3 is 2.90 bits per heavy atom. The van der Waals surface area contributed by atoms with E-state index in [9.17, 15) is 4.79 Å². The number of rotatable bonds is 8. The van der Waals surface area contributed by atoms with Crippen LogP contribution >= 0.6 is 0 Å². The largest absolute Gasteiger partial charge is 0.333 e. The molecule has 114 valence electrons. The Bertz CT molecular complexity index is 602. The van der Waals surface area contributed by atoms with E-state index in [1.165, 1.54) is 0 Å². The molecule has 1 N–H and O–H groups in total. The van der Waals surface area contributed by atoms with E-state index in [1.807, 2.05) is 24.7 Å². The van der Waals surface area contributed by atoms with E-state index in [4.69, 9.17) is 0 Å². The van der Waals surface area contributed by atoms with Crippen molar-refractivity contribution in [3.63, 3.8) is 0 Å². The lowest BCUT2D eigenvalue weighted by molar-refractivity contribution is 0.453. The fourth-order valence-electron chi connectivity index (χ4n) is 2.42. The van der Waals surface area contributed by atoms with E-state index in [0.717, 1.165) is 38.3 Å². The van der Waals surface area contributed by atoms with Gasteiger partial charge in [-0.05, 0) is 26.0 Å². The molecule has 0 spiro atoms. The molecule has 0 radical (unpaired) electrons. The maximum atomic E-state index is 11.6. The molecule has 0 unspecified atom stereocenters. The molecule has 0 saturated carbocycles. The number of hydrogen-bond donors (Lipinski definition) is 1. The zero-order valence-electron chi connectivity index (χ0n) is 12.8. The zero-order valence-corrected chi connectivity index (χ0v) is 12.8. The van der Waals surface area contributed by atoms with Gasteiger partial charge in [-0.1, -0.05) is 13.0 Å². The van der Waals surface area contributed by atoms with Gasteiger partial charge in [-0.25, -0.2) is 4.98 Å². The molecular weight excluding hydrogens is 264 g/mol. The third kappa shape index (κ3) is 4.56. The predicted octanol–water partition coefficient (Wildman–Crippen LogP) is 1.68. The molecule has 2 aromatic rings. The lowest BCUT2D eigenvalue weighted by atomic mass is 10.3. The first-order valence-electron chi connectivity index (χ1n) is 7.59. The van der Waals surface area contributed by atoms with Gasteiger partial charge in [0, 0.05) is 50.2 Å². The summed E-state index contributed by atoms with van der Waals surface area (Å²) in [5.41, 5.74) is 0.0663. The van der Waals surface area contributed by atoms with Crippen LogP contribution in [0.5, 0.6) is 0 Å². The second-order valence-electron chi connectivity index (χ2n) is 5.29. The normalized spacial score (nSPS) is 12.5. The maximum absolute atomic E-state index is 11.6. The quantitative estimate of drug-likeness (QED) is 0.752. The van der Waals surface area contributed by atoms with Crippen molar-refractivity contribution < 1.29 is 0 Å². The average molecular weight is 288 g/mol. The Morgan fingerprint density at radius 2 is 2.14 bits per heavy atom. The Kier molecular flexibility index (Phi) is 5.75. The standard InChI is InChI=1S/C16H24N4O/c1-3-15-18-9-12-20(15)13-14(2)17-8-6-11-19-10-5-4-7-16(19)21/h4-5,7,9-10,12,14,17H,3,6,8,11,13H2,1-2H3/t14-/m0/s1. The molecule has 0 aliphatic carbocycles. The van der Waals surface area contributed by atoms with Crippen LogP contribution in [0.2, 0.25) is 0 Å². The van der Waals surface area contributed by atoms with Crippen molar-refractivity contribution in [2.24, 2.45) is 0 Å². The van der Waals surface area contributed by atoms with Crippen molar-refractivity contribution in [3.05, 3.63) is 53.0 Å². The highest BCUT2D eigenvalue weighted by molar-refractivity contribution is 4.93. The van der Waals surface area contributed by atoms with E-state index in [-0.39, 0.29) is 5.56 Å². The Morgan fingerprint density at radius 1 is 1.29 bits per heavy atom. The van der Waals surface area contributed by atoms with E-state index < -0.39 is 0 Å². The van der Waals surface area contributed by atoms with Crippen molar-refractivity contribution >= 4 is 0 Å². The summed E-state index contributed by atoms with van der Waals surface area (Å²) in [4.78, 5) is 15.9. The summed E-state index contributed by atoms with van der Waals surface area (Å²) in [6, 6.07) is 5.65. The van der Waals surface area contributed by atoms with Gasteiger partial charge < -0.3 is 14.5 Å². The molecule has 0 fully saturated rings. The lowest BCUT2D eigenvalue weighted by Crippen LogP contribution is -2.32. The van der Waals surface area contributed by atoms with Crippen LogP contribution in [0.4, 0.5) is 0 Å². The summed E-state index contributed by atoms with van der Waals surface area (Å²) < 4.78 is 3.94. The number of nitrogens with one attached hydrogen (secondary N) is 1. The Hall–Kier alpha value is -1.88. The molecule has 0 aromatic carbocycles. The van der Waals surface area contributed by atoms with Crippen LogP contribution in [0.3, 0.4) is 0 Å². The Labute approximate surface area is 125 Å². The summed E-state index contributed by atoms with van der Waals surface area (Å²) in [6.45, 7) is 6.88. The van der Waals surface area contributed by atoms with Crippen LogP contribution in [-0.2, 0) is 19.5 Å². The minimum atomic E-state index is 0.0663. The summed E-state index contributed by atoms with van der Waals surface area (Å²) in [6.07, 6.45) is 7.62. The van der Waals surface area contributed by atoms with Crippen molar-refractivity contribution in [1.29, 1.82) is 0 Å². The fourth-order valence-corrected chi connectivity index (χ4v) is 2.42. The number of aryl methyl sites for hydroxylation is 2. The molecule has 1 atom stereocenters. The monoisotopic (exact) mass is 288 g/mol. The Balaban J connectivity index is 1.71. The summed E-state index contributed by atoms with van der Waals surface area (Å²) in [7, 11) is 0. The molecule has 2 aromatic heterocycles. The number of aromatic nitrogens is 3. The van der Waals surface area contributed by atoms with Gasteiger partial charge in [0.1, 0.15) is 5.82 Å². The number of nitrogens with zero attached hydrogens (tertiary/aromatic N) is 3. The topological polar surface area (TPSA) is 51.9 Å². The summed E-state index contributed by atoms with van der Waals surface area (Å²) in [5, 5.41) is 3.50. The molecule has 0 aliphatic heterocycles. The third-order valence-electron chi connectivity index (χ3n) is 3.56. The van der Waals surface area contributed by atoms with E-state index in [2.05, 4.69) is 28.7 Å². The second kappa shape index (κ2) is 7.78. The first-order valence-corrected chi connectivity index (χ1v) is 7.59. The fraction of sp³-hybridized carbons (Fsp3) is 0.500. The highest BCUT2D eigenvalue weighted by atomic mass is 16.1. The highest BCUT2D eigenvalue weighted by Crippen LogP contribution is 2.00. The number of imidazole rings is 1. The van der Waals surface area contributed by atoms with Crippen molar-refractivity contribution in [2.45, 2.75) is 45.8 Å². The molecule has 0 saturated heterocycles. The summed E-state index contributed by atoms with van der Waals surface area (Å²) >= 11 is 0. The van der Waals surface area contributed by atoms with Crippen molar-refractivity contribution in [3.8, 4) is 0 Å². The van der Waals surface area contributed by atoms with Gasteiger partial charge in [0.25, 0.3) is 0 Å². The second-order valence-corrected chi connectivity index (χ2v) is 5.29. The van der Waals surface area contributed by atoms with E-state index >= 15 is 0 Å². The minimum absolute atomic E-state index is 0.0663. The molecule has 2 heterocycles. The van der Waals surface area contributed by atoms with Gasteiger partial charge in [0.2, 0.25) is 5.56 Å². The maximum Gasteiger partial charge on any atom is 0.250 e. The zero-order chi connectivity index (χ0) is 15.1. The molecule has 21 heavy (non-hydrogen) atoms. The van der Waals surface area contributed by atoms with Crippen LogP contribution < -0.4 is 10.9 Å². The van der Waals surface area contributed by atoms with Gasteiger partial charge >= 0.3 is 0 Å². The lowest BCUT2D eigenvalue weighted by Gasteiger charge is -2.16. The predicted molar refractivity (Wildman–Crippen MR) is 84.4 cm³/mol. The van der Waals surface area contributed by atoms with Crippen LogP contribution in [-0.4, -0.2) is 26.7 Å².